The lowest BCUT2D eigenvalue weighted by molar-refractivity contribution is -0.143. The Kier molecular flexibility index (Phi) is 5.23. The van der Waals surface area contributed by atoms with E-state index in [4.69, 9.17) is 16.3 Å². The Bertz CT molecular complexity index is 1070. The molecule has 3 heterocycles. The van der Waals surface area contributed by atoms with Crippen LogP contribution in [0.25, 0.3) is 20.7 Å². The summed E-state index contributed by atoms with van der Waals surface area (Å²) in [6.07, 6.45) is 1.43. The van der Waals surface area contributed by atoms with Crippen LogP contribution in [-0.4, -0.2) is 45.7 Å². The van der Waals surface area contributed by atoms with E-state index < -0.39 is 0 Å². The third-order valence-corrected chi connectivity index (χ3v) is 6.12. The summed E-state index contributed by atoms with van der Waals surface area (Å²) in [4.78, 5) is 32.6. The predicted octanol–water partition coefficient (Wildman–Crippen LogP) is 3.41. The van der Waals surface area contributed by atoms with E-state index in [2.05, 4.69) is 4.98 Å². The molecule has 1 fully saturated rings. The van der Waals surface area contributed by atoms with Crippen molar-refractivity contribution in [3.05, 3.63) is 52.0 Å². The molecule has 0 N–H and O–H groups in total. The van der Waals surface area contributed by atoms with Gasteiger partial charge in [0.2, 0.25) is 5.91 Å². The molecule has 0 spiro atoms. The Balaban J connectivity index is 1.60. The van der Waals surface area contributed by atoms with Crippen molar-refractivity contribution in [2.75, 3.05) is 13.1 Å². The minimum Gasteiger partial charge on any atom is -0.372 e. The quantitative estimate of drug-likeness (QED) is 0.655. The van der Waals surface area contributed by atoms with Crippen LogP contribution >= 0.6 is 22.9 Å². The summed E-state index contributed by atoms with van der Waals surface area (Å²) in [6, 6.07) is 9.35. The van der Waals surface area contributed by atoms with Crippen LogP contribution in [-0.2, 0) is 16.1 Å². The smallest absolute Gasteiger partial charge is 0.271 e. The topological polar surface area (TPSA) is 64.4 Å². The molecule has 146 valence electrons. The fraction of sp³-hybridized carbons (Fsp3) is 0.350. The molecule has 1 aliphatic heterocycles. The molecule has 0 bridgehead atoms. The lowest BCUT2D eigenvalue weighted by atomic mass is 10.2. The van der Waals surface area contributed by atoms with Gasteiger partial charge in [-0.2, -0.15) is 0 Å². The molecule has 4 rings (SSSR count). The van der Waals surface area contributed by atoms with Gasteiger partial charge in [0.25, 0.3) is 5.56 Å². The van der Waals surface area contributed by atoms with Crippen molar-refractivity contribution in [3.8, 4) is 10.4 Å². The summed E-state index contributed by atoms with van der Waals surface area (Å²) >= 11 is 7.32. The van der Waals surface area contributed by atoms with Crippen molar-refractivity contribution < 1.29 is 9.53 Å². The molecule has 0 unspecified atom stereocenters. The van der Waals surface area contributed by atoms with Gasteiger partial charge in [0.1, 0.15) is 11.2 Å². The number of rotatable bonds is 3. The van der Waals surface area contributed by atoms with Gasteiger partial charge < -0.3 is 9.64 Å². The van der Waals surface area contributed by atoms with Crippen molar-refractivity contribution in [2.24, 2.45) is 0 Å². The highest BCUT2D eigenvalue weighted by Gasteiger charge is 2.26. The predicted molar refractivity (Wildman–Crippen MR) is 111 cm³/mol. The van der Waals surface area contributed by atoms with Gasteiger partial charge in [0.05, 0.1) is 24.1 Å². The number of hydrogen-bond donors (Lipinski definition) is 0. The molecule has 2 atom stereocenters. The molecule has 3 aromatic rings. The van der Waals surface area contributed by atoms with Crippen LogP contribution in [0.4, 0.5) is 0 Å². The number of benzene rings is 1. The van der Waals surface area contributed by atoms with Gasteiger partial charge in [-0.05, 0) is 37.6 Å². The number of nitrogens with zero attached hydrogens (tertiary/aromatic N) is 3. The number of carbonyl (C=O) groups is 1. The average molecular weight is 418 g/mol. The van der Waals surface area contributed by atoms with Gasteiger partial charge in [-0.3, -0.25) is 14.2 Å². The van der Waals surface area contributed by atoms with Crippen LogP contribution in [0.3, 0.4) is 0 Å². The van der Waals surface area contributed by atoms with Crippen LogP contribution in [0.5, 0.6) is 0 Å². The van der Waals surface area contributed by atoms with E-state index in [0.29, 0.717) is 28.3 Å². The van der Waals surface area contributed by atoms with E-state index in [1.807, 2.05) is 44.2 Å². The summed E-state index contributed by atoms with van der Waals surface area (Å²) in [6.45, 7) is 4.94. The molecule has 1 amide bonds. The maximum Gasteiger partial charge on any atom is 0.271 e. The fourth-order valence-corrected chi connectivity index (χ4v) is 4.63. The molecule has 0 saturated carbocycles. The van der Waals surface area contributed by atoms with Crippen LogP contribution in [0.1, 0.15) is 13.8 Å². The van der Waals surface area contributed by atoms with Gasteiger partial charge in [-0.25, -0.2) is 4.98 Å². The lowest BCUT2D eigenvalue weighted by Crippen LogP contribution is -2.49. The highest BCUT2D eigenvalue weighted by molar-refractivity contribution is 7.22. The standard InChI is InChI=1S/C20H20ClN3O3S/c1-12-8-23(9-13(2)27-12)18(25)10-24-11-22-16-7-17(28-19(16)20(24)26)14-3-5-15(21)6-4-14/h3-7,11-13H,8-10H2,1-2H3/t12-,13-/m1/s1. The highest BCUT2D eigenvalue weighted by atomic mass is 35.5. The Morgan fingerprint density at radius 3 is 2.61 bits per heavy atom. The number of thiophene rings is 1. The van der Waals surface area contributed by atoms with E-state index >= 15 is 0 Å². The second kappa shape index (κ2) is 7.66. The number of carbonyl (C=O) groups excluding carboxylic acids is 1. The largest absolute Gasteiger partial charge is 0.372 e. The number of fused-ring (bicyclic) bond motifs is 1. The van der Waals surface area contributed by atoms with Crippen molar-refractivity contribution in [1.82, 2.24) is 14.5 Å². The molecular weight excluding hydrogens is 398 g/mol. The molecule has 0 aliphatic carbocycles. The first-order valence-electron chi connectivity index (χ1n) is 9.09. The Morgan fingerprint density at radius 1 is 1.25 bits per heavy atom. The van der Waals surface area contributed by atoms with E-state index in [0.717, 1.165) is 10.4 Å². The minimum atomic E-state index is -0.196. The van der Waals surface area contributed by atoms with E-state index in [1.165, 1.54) is 22.2 Å². The number of aromatic nitrogens is 2. The van der Waals surface area contributed by atoms with E-state index in [-0.39, 0.29) is 30.2 Å². The molecular formula is C20H20ClN3O3S. The van der Waals surface area contributed by atoms with Crippen molar-refractivity contribution in [3.63, 3.8) is 0 Å². The fourth-order valence-electron chi connectivity index (χ4n) is 3.44. The molecule has 28 heavy (non-hydrogen) atoms. The first-order valence-corrected chi connectivity index (χ1v) is 10.3. The van der Waals surface area contributed by atoms with Gasteiger partial charge in [0, 0.05) is 23.0 Å². The number of morpholine rings is 1. The number of halogens is 1. The molecule has 1 aromatic carbocycles. The molecule has 0 radical (unpaired) electrons. The lowest BCUT2D eigenvalue weighted by Gasteiger charge is -2.35. The number of amides is 1. The van der Waals surface area contributed by atoms with E-state index in [9.17, 15) is 9.59 Å². The maximum absolute atomic E-state index is 12.9. The normalized spacial score (nSPS) is 19.9. The average Bonchev–Trinajstić information content (AvgIpc) is 3.09. The Morgan fingerprint density at radius 2 is 1.93 bits per heavy atom. The molecule has 1 saturated heterocycles. The van der Waals surface area contributed by atoms with Gasteiger partial charge in [-0.15, -0.1) is 11.3 Å². The monoisotopic (exact) mass is 417 g/mol. The third kappa shape index (κ3) is 3.83. The second-order valence-corrected chi connectivity index (χ2v) is 8.55. The highest BCUT2D eigenvalue weighted by Crippen LogP contribution is 2.31. The number of ether oxygens (including phenoxy) is 1. The summed E-state index contributed by atoms with van der Waals surface area (Å²) in [5, 5.41) is 0.663. The third-order valence-electron chi connectivity index (χ3n) is 4.71. The first-order chi connectivity index (χ1) is 13.4. The van der Waals surface area contributed by atoms with Gasteiger partial charge >= 0.3 is 0 Å². The molecule has 6 nitrogen and oxygen atoms in total. The molecule has 1 aliphatic rings. The zero-order valence-corrected chi connectivity index (χ0v) is 17.2. The zero-order valence-electron chi connectivity index (χ0n) is 15.6. The summed E-state index contributed by atoms with van der Waals surface area (Å²) < 4.78 is 7.60. The summed E-state index contributed by atoms with van der Waals surface area (Å²) in [7, 11) is 0. The Hall–Kier alpha value is -2.22. The SMILES string of the molecule is C[C@@H]1CN(C(=O)Cn2cnc3cc(-c4ccc(Cl)cc4)sc3c2=O)C[C@@H](C)O1. The first kappa shape index (κ1) is 19.1. The van der Waals surface area contributed by atoms with Crippen molar-refractivity contribution >= 4 is 39.1 Å². The summed E-state index contributed by atoms with van der Waals surface area (Å²) in [5.41, 5.74) is 1.42. The van der Waals surface area contributed by atoms with Crippen LogP contribution in [0.2, 0.25) is 5.02 Å². The van der Waals surface area contributed by atoms with Crippen LogP contribution in [0.15, 0.2) is 41.5 Å². The minimum absolute atomic E-state index is 0.00995. The van der Waals surface area contributed by atoms with Crippen LogP contribution in [0, 0.1) is 0 Å². The zero-order chi connectivity index (χ0) is 19.8. The number of hydrogen-bond acceptors (Lipinski definition) is 5. The van der Waals surface area contributed by atoms with Gasteiger partial charge in [0.15, 0.2) is 0 Å². The van der Waals surface area contributed by atoms with Crippen LogP contribution < -0.4 is 5.56 Å². The molecule has 2 aromatic heterocycles. The van der Waals surface area contributed by atoms with E-state index in [1.54, 1.807) is 4.90 Å². The van der Waals surface area contributed by atoms with Crippen molar-refractivity contribution in [2.45, 2.75) is 32.6 Å². The van der Waals surface area contributed by atoms with Crippen molar-refractivity contribution in [1.29, 1.82) is 0 Å². The second-order valence-electron chi connectivity index (χ2n) is 7.07. The maximum atomic E-state index is 12.9. The molecule has 8 heteroatoms. The summed E-state index contributed by atoms with van der Waals surface area (Å²) in [5.74, 6) is -0.0975. The Labute approximate surface area is 171 Å². The van der Waals surface area contributed by atoms with Gasteiger partial charge in [-0.1, -0.05) is 23.7 Å².